The van der Waals surface area contributed by atoms with Gasteiger partial charge in [-0.25, -0.2) is 4.79 Å². The zero-order chi connectivity index (χ0) is 19.2. The summed E-state index contributed by atoms with van der Waals surface area (Å²) in [6.07, 6.45) is 2.36. The first-order valence-electron chi connectivity index (χ1n) is 9.17. The third-order valence-corrected chi connectivity index (χ3v) is 4.26. The van der Waals surface area contributed by atoms with E-state index in [0.717, 1.165) is 24.2 Å². The Morgan fingerprint density at radius 1 is 1.00 bits per heavy atom. The monoisotopic (exact) mass is 367 g/mol. The first-order chi connectivity index (χ1) is 13.0. The molecule has 6 heteroatoms. The molecule has 0 radical (unpaired) electrons. The van der Waals surface area contributed by atoms with Gasteiger partial charge in [0.05, 0.1) is 13.0 Å². The highest BCUT2D eigenvalue weighted by Crippen LogP contribution is 2.20. The number of carbonyl (C=O) groups excluding carboxylic acids is 2. The van der Waals surface area contributed by atoms with E-state index in [1.165, 1.54) is 5.56 Å². The Morgan fingerprint density at radius 3 is 2.30 bits per heavy atom. The first kappa shape index (κ1) is 18.8. The van der Waals surface area contributed by atoms with E-state index in [4.69, 9.17) is 4.74 Å². The van der Waals surface area contributed by atoms with Crippen LogP contribution in [-0.2, 0) is 4.79 Å². The van der Waals surface area contributed by atoms with Gasteiger partial charge in [-0.15, -0.1) is 0 Å². The lowest BCUT2D eigenvalue weighted by molar-refractivity contribution is -0.116. The smallest absolute Gasteiger partial charge is 0.319 e. The van der Waals surface area contributed by atoms with Gasteiger partial charge in [-0.2, -0.15) is 0 Å². The molecule has 3 N–H and O–H groups in total. The average molecular weight is 367 g/mol. The highest BCUT2D eigenvalue weighted by atomic mass is 16.5. The third kappa shape index (κ3) is 6.02. The Labute approximate surface area is 159 Å². The van der Waals surface area contributed by atoms with Crippen molar-refractivity contribution in [1.82, 2.24) is 5.32 Å². The lowest BCUT2D eigenvalue weighted by Crippen LogP contribution is -2.30. The number of urea groups is 1. The fraction of sp³-hybridized carbons (Fsp3) is 0.333. The van der Waals surface area contributed by atoms with Gasteiger partial charge in [0.15, 0.2) is 0 Å². The lowest BCUT2D eigenvalue weighted by Gasteiger charge is -2.11. The van der Waals surface area contributed by atoms with E-state index in [-0.39, 0.29) is 18.4 Å². The summed E-state index contributed by atoms with van der Waals surface area (Å²) in [5.41, 5.74) is 3.61. The molecular weight excluding hydrogens is 342 g/mol. The molecule has 1 aliphatic carbocycles. The van der Waals surface area contributed by atoms with E-state index in [9.17, 15) is 9.59 Å². The van der Waals surface area contributed by atoms with Gasteiger partial charge in [-0.3, -0.25) is 4.79 Å². The van der Waals surface area contributed by atoms with Gasteiger partial charge in [0.1, 0.15) is 5.75 Å². The summed E-state index contributed by atoms with van der Waals surface area (Å²) in [6.45, 7) is 4.34. The SMILES string of the molecule is Cc1ccc(OCCC(=O)Nc2ccc(NC(=O)NC3CC3)cc2)c(C)c1. The molecule has 0 atom stereocenters. The number of ether oxygens (including phenoxy) is 1. The summed E-state index contributed by atoms with van der Waals surface area (Å²) in [7, 11) is 0. The molecule has 0 aromatic heterocycles. The highest BCUT2D eigenvalue weighted by Gasteiger charge is 2.23. The normalized spacial score (nSPS) is 13.0. The molecule has 0 heterocycles. The Kier molecular flexibility index (Phi) is 5.96. The van der Waals surface area contributed by atoms with Crippen LogP contribution in [0.5, 0.6) is 5.75 Å². The fourth-order valence-corrected chi connectivity index (χ4v) is 2.66. The maximum atomic E-state index is 12.1. The second-order valence-corrected chi connectivity index (χ2v) is 6.87. The highest BCUT2D eigenvalue weighted by molar-refractivity contribution is 5.92. The van der Waals surface area contributed by atoms with Crippen molar-refractivity contribution in [3.8, 4) is 5.75 Å². The van der Waals surface area contributed by atoms with Crippen LogP contribution in [0.1, 0.15) is 30.4 Å². The van der Waals surface area contributed by atoms with Gasteiger partial charge in [-0.05, 0) is 62.6 Å². The molecule has 3 amide bonds. The molecule has 0 saturated heterocycles. The van der Waals surface area contributed by atoms with Crippen molar-refractivity contribution >= 4 is 23.3 Å². The predicted octanol–water partition coefficient (Wildman–Crippen LogP) is 3.99. The van der Waals surface area contributed by atoms with E-state index in [0.29, 0.717) is 24.0 Å². The maximum absolute atomic E-state index is 12.1. The van der Waals surface area contributed by atoms with E-state index >= 15 is 0 Å². The van der Waals surface area contributed by atoms with Crippen LogP contribution in [-0.4, -0.2) is 24.6 Å². The standard InChI is InChI=1S/C21H25N3O3/c1-14-3-10-19(15(2)13-14)27-12-11-20(25)22-16-4-6-17(7-5-16)23-21(26)24-18-8-9-18/h3-7,10,13,18H,8-9,11-12H2,1-2H3,(H,22,25)(H2,23,24,26). The molecular formula is C21H25N3O3. The Balaban J connectivity index is 1.41. The molecule has 0 unspecified atom stereocenters. The van der Waals surface area contributed by atoms with Crippen molar-refractivity contribution in [1.29, 1.82) is 0 Å². The molecule has 3 rings (SSSR count). The molecule has 142 valence electrons. The minimum absolute atomic E-state index is 0.119. The van der Waals surface area contributed by atoms with Crippen molar-refractivity contribution in [3.63, 3.8) is 0 Å². The molecule has 1 saturated carbocycles. The van der Waals surface area contributed by atoms with Gasteiger partial charge in [0.25, 0.3) is 0 Å². The van der Waals surface area contributed by atoms with Gasteiger partial charge >= 0.3 is 6.03 Å². The number of rotatable bonds is 7. The number of anilines is 2. The summed E-state index contributed by atoms with van der Waals surface area (Å²) >= 11 is 0. The number of nitrogens with one attached hydrogen (secondary N) is 3. The fourth-order valence-electron chi connectivity index (χ4n) is 2.66. The predicted molar refractivity (Wildman–Crippen MR) is 106 cm³/mol. The summed E-state index contributed by atoms with van der Waals surface area (Å²) in [5.74, 6) is 0.681. The van der Waals surface area contributed by atoms with Crippen molar-refractivity contribution in [2.75, 3.05) is 17.2 Å². The van der Waals surface area contributed by atoms with Crippen LogP contribution in [0.25, 0.3) is 0 Å². The van der Waals surface area contributed by atoms with E-state index < -0.39 is 0 Å². The van der Waals surface area contributed by atoms with Crippen molar-refractivity contribution in [2.24, 2.45) is 0 Å². The average Bonchev–Trinajstić information content (AvgIpc) is 3.42. The number of hydrogen-bond acceptors (Lipinski definition) is 3. The van der Waals surface area contributed by atoms with E-state index in [2.05, 4.69) is 22.0 Å². The van der Waals surface area contributed by atoms with Crippen molar-refractivity contribution in [2.45, 2.75) is 39.2 Å². The van der Waals surface area contributed by atoms with Crippen LogP contribution in [0.15, 0.2) is 42.5 Å². The molecule has 1 fully saturated rings. The zero-order valence-electron chi connectivity index (χ0n) is 15.7. The quantitative estimate of drug-likeness (QED) is 0.692. The third-order valence-electron chi connectivity index (χ3n) is 4.26. The summed E-state index contributed by atoms with van der Waals surface area (Å²) in [4.78, 5) is 23.8. The minimum Gasteiger partial charge on any atom is -0.493 e. The molecule has 0 spiro atoms. The van der Waals surface area contributed by atoms with Gasteiger partial charge in [-0.1, -0.05) is 17.7 Å². The minimum atomic E-state index is -0.196. The Bertz CT molecular complexity index is 814. The van der Waals surface area contributed by atoms with Crippen LogP contribution in [0.3, 0.4) is 0 Å². The summed E-state index contributed by atoms with van der Waals surface area (Å²) < 4.78 is 5.68. The lowest BCUT2D eigenvalue weighted by atomic mass is 10.1. The zero-order valence-corrected chi connectivity index (χ0v) is 15.7. The number of aryl methyl sites for hydroxylation is 2. The van der Waals surface area contributed by atoms with Gasteiger partial charge < -0.3 is 20.7 Å². The molecule has 1 aliphatic rings. The molecule has 27 heavy (non-hydrogen) atoms. The van der Waals surface area contributed by atoms with Crippen LogP contribution in [0.4, 0.5) is 16.2 Å². The summed E-state index contributed by atoms with van der Waals surface area (Å²) in [5, 5.41) is 8.46. The van der Waals surface area contributed by atoms with Crippen molar-refractivity contribution < 1.29 is 14.3 Å². The largest absolute Gasteiger partial charge is 0.493 e. The van der Waals surface area contributed by atoms with Crippen molar-refractivity contribution in [3.05, 3.63) is 53.6 Å². The van der Waals surface area contributed by atoms with Crippen LogP contribution >= 0.6 is 0 Å². The molecule has 2 aromatic carbocycles. The molecule has 0 bridgehead atoms. The van der Waals surface area contributed by atoms with Crippen LogP contribution in [0, 0.1) is 13.8 Å². The Morgan fingerprint density at radius 2 is 1.67 bits per heavy atom. The summed E-state index contributed by atoms with van der Waals surface area (Å²) in [6, 6.07) is 13.1. The van der Waals surface area contributed by atoms with Gasteiger partial charge in [0.2, 0.25) is 5.91 Å². The number of benzene rings is 2. The molecule has 0 aliphatic heterocycles. The molecule has 2 aromatic rings. The van der Waals surface area contributed by atoms with Crippen LogP contribution in [0.2, 0.25) is 0 Å². The maximum Gasteiger partial charge on any atom is 0.319 e. The Hall–Kier alpha value is -3.02. The van der Waals surface area contributed by atoms with E-state index in [1.54, 1.807) is 24.3 Å². The second-order valence-electron chi connectivity index (χ2n) is 6.87. The number of hydrogen-bond donors (Lipinski definition) is 3. The number of amides is 3. The second kappa shape index (κ2) is 8.58. The molecule has 6 nitrogen and oxygen atoms in total. The van der Waals surface area contributed by atoms with E-state index in [1.807, 2.05) is 26.0 Å². The van der Waals surface area contributed by atoms with Crippen LogP contribution < -0.4 is 20.7 Å². The van der Waals surface area contributed by atoms with Gasteiger partial charge in [0, 0.05) is 17.4 Å². The number of carbonyl (C=O) groups is 2. The topological polar surface area (TPSA) is 79.5 Å². The first-order valence-corrected chi connectivity index (χ1v) is 9.17.